The van der Waals surface area contributed by atoms with Gasteiger partial charge in [0.2, 0.25) is 0 Å². The second-order valence-electron chi connectivity index (χ2n) is 6.57. The van der Waals surface area contributed by atoms with Crippen molar-refractivity contribution in [1.29, 1.82) is 0 Å². The van der Waals surface area contributed by atoms with Gasteiger partial charge in [0.15, 0.2) is 17.7 Å². The van der Waals surface area contributed by atoms with E-state index in [4.69, 9.17) is 15.6 Å². The van der Waals surface area contributed by atoms with Crippen molar-refractivity contribution in [2.75, 3.05) is 23.5 Å². The third-order valence-electron chi connectivity index (χ3n) is 4.63. The van der Waals surface area contributed by atoms with Gasteiger partial charge in [0.05, 0.1) is 12.6 Å². The highest BCUT2D eigenvalue weighted by molar-refractivity contribution is 7.96. The Morgan fingerprint density at radius 3 is 2.86 bits per heavy atom. The predicted octanol–water partition coefficient (Wildman–Crippen LogP) is -1.41. The van der Waals surface area contributed by atoms with Crippen molar-refractivity contribution in [1.82, 2.24) is 25.1 Å². The molecule has 1 unspecified atom stereocenters. The summed E-state index contributed by atoms with van der Waals surface area (Å²) in [5.74, 6) is -0.255. The van der Waals surface area contributed by atoms with Crippen LogP contribution in [0.1, 0.15) is 12.6 Å². The van der Waals surface area contributed by atoms with Gasteiger partial charge in [-0.15, -0.1) is 10.0 Å². The number of halogens is 1. The molecule has 154 valence electrons. The SMILES string of the molecule is C[S+](CC[C@H](NF)C(=O)O)C[C@H]1O[C@@H](n2cnc3c(N)ncnc32)[C@H](O)[C@@H]1O. The molecule has 0 saturated carbocycles. The van der Waals surface area contributed by atoms with Crippen LogP contribution in [0.3, 0.4) is 0 Å². The van der Waals surface area contributed by atoms with Crippen LogP contribution < -0.4 is 11.3 Å². The number of imidazole rings is 1. The number of aliphatic hydroxyl groups excluding tert-OH is 2. The van der Waals surface area contributed by atoms with Gasteiger partial charge in [0.1, 0.15) is 47.7 Å². The van der Waals surface area contributed by atoms with Gasteiger partial charge in [-0.2, -0.15) is 0 Å². The summed E-state index contributed by atoms with van der Waals surface area (Å²) in [7, 11) is -0.363. The number of aliphatic hydroxyl groups is 2. The van der Waals surface area contributed by atoms with Crippen molar-refractivity contribution in [3.63, 3.8) is 0 Å². The predicted molar refractivity (Wildman–Crippen MR) is 99.0 cm³/mol. The first-order valence-electron chi connectivity index (χ1n) is 8.46. The van der Waals surface area contributed by atoms with Crippen molar-refractivity contribution >= 4 is 33.8 Å². The molecule has 13 heteroatoms. The number of carboxylic acids is 1. The maximum Gasteiger partial charge on any atom is 0.323 e. The number of anilines is 1. The van der Waals surface area contributed by atoms with Crippen LogP contribution in [0.5, 0.6) is 0 Å². The van der Waals surface area contributed by atoms with Gasteiger partial charge in [0, 0.05) is 6.42 Å². The van der Waals surface area contributed by atoms with Crippen LogP contribution in [0.4, 0.5) is 10.3 Å². The molecule has 0 spiro atoms. The summed E-state index contributed by atoms with van der Waals surface area (Å²) in [5.41, 5.74) is 7.77. The highest BCUT2D eigenvalue weighted by atomic mass is 32.2. The van der Waals surface area contributed by atoms with Crippen LogP contribution in [-0.4, -0.2) is 82.9 Å². The second kappa shape index (κ2) is 8.53. The monoisotopic (exact) mass is 417 g/mol. The number of nitrogen functional groups attached to an aromatic ring is 1. The molecular weight excluding hydrogens is 395 g/mol. The van der Waals surface area contributed by atoms with Crippen LogP contribution in [0, 0.1) is 0 Å². The molecule has 1 aliphatic rings. The van der Waals surface area contributed by atoms with Crippen molar-refractivity contribution in [3.8, 4) is 0 Å². The molecule has 3 rings (SSSR count). The Hall–Kier alpha value is -2.06. The van der Waals surface area contributed by atoms with Gasteiger partial charge in [-0.3, -0.25) is 9.36 Å². The minimum absolute atomic E-state index is 0.0998. The topological polar surface area (TPSA) is 169 Å². The first-order chi connectivity index (χ1) is 13.3. The number of aliphatic carboxylic acids is 1. The highest BCUT2D eigenvalue weighted by Gasteiger charge is 2.46. The molecule has 0 amide bonds. The summed E-state index contributed by atoms with van der Waals surface area (Å²) in [6.45, 7) is 0. The second-order valence-corrected chi connectivity index (χ2v) is 8.87. The van der Waals surface area contributed by atoms with Crippen molar-refractivity contribution in [2.24, 2.45) is 0 Å². The van der Waals surface area contributed by atoms with E-state index in [2.05, 4.69) is 15.0 Å². The summed E-state index contributed by atoms with van der Waals surface area (Å²) < 4.78 is 19.8. The van der Waals surface area contributed by atoms with E-state index in [1.165, 1.54) is 22.8 Å². The molecule has 28 heavy (non-hydrogen) atoms. The number of rotatable bonds is 8. The summed E-state index contributed by atoms with van der Waals surface area (Å²) in [5, 5.41) is 29.7. The average molecular weight is 417 g/mol. The molecule has 0 aromatic carbocycles. The zero-order chi connectivity index (χ0) is 20.4. The molecule has 0 radical (unpaired) electrons. The molecule has 0 aliphatic carbocycles. The number of nitrogens with one attached hydrogen (secondary N) is 1. The summed E-state index contributed by atoms with van der Waals surface area (Å²) in [4.78, 5) is 23.0. The molecular formula is C15H22FN6O5S+. The Balaban J connectivity index is 1.67. The molecule has 6 atom stereocenters. The maximum atomic E-state index is 12.5. The van der Waals surface area contributed by atoms with Crippen LogP contribution in [0.15, 0.2) is 12.7 Å². The fraction of sp³-hybridized carbons (Fsp3) is 0.600. The van der Waals surface area contributed by atoms with Gasteiger partial charge in [-0.25, -0.2) is 15.0 Å². The smallest absolute Gasteiger partial charge is 0.323 e. The van der Waals surface area contributed by atoms with E-state index in [1.807, 2.05) is 6.26 Å². The van der Waals surface area contributed by atoms with Crippen LogP contribution in [0.2, 0.25) is 0 Å². The van der Waals surface area contributed by atoms with Crippen molar-refractivity contribution < 1.29 is 29.3 Å². The molecule has 1 fully saturated rings. The Morgan fingerprint density at radius 2 is 2.18 bits per heavy atom. The number of hydrogen-bond donors (Lipinski definition) is 5. The number of aromatic nitrogens is 4. The maximum absolute atomic E-state index is 12.5. The molecule has 3 heterocycles. The average Bonchev–Trinajstić information content (AvgIpc) is 3.19. The Morgan fingerprint density at radius 1 is 1.43 bits per heavy atom. The van der Waals surface area contributed by atoms with E-state index in [-0.39, 0.29) is 23.1 Å². The Labute approximate surface area is 162 Å². The first kappa shape index (κ1) is 20.7. The van der Waals surface area contributed by atoms with Crippen LogP contribution >= 0.6 is 0 Å². The third kappa shape index (κ3) is 4.03. The summed E-state index contributed by atoms with van der Waals surface area (Å²) in [6, 6.07) is -1.27. The molecule has 6 N–H and O–H groups in total. The lowest BCUT2D eigenvalue weighted by Crippen LogP contribution is -2.37. The van der Waals surface area contributed by atoms with E-state index in [1.54, 1.807) is 0 Å². The Bertz CT molecular complexity index is 840. The molecule has 11 nitrogen and oxygen atoms in total. The number of nitrogens with zero attached hydrogens (tertiary/aromatic N) is 4. The minimum atomic E-state index is -1.27. The summed E-state index contributed by atoms with van der Waals surface area (Å²) in [6.07, 6.45) is 0.708. The number of carboxylic acid groups (broad SMARTS) is 1. The van der Waals surface area contributed by atoms with Crippen LogP contribution in [0.25, 0.3) is 11.2 Å². The van der Waals surface area contributed by atoms with E-state index >= 15 is 0 Å². The largest absolute Gasteiger partial charge is 0.480 e. The lowest BCUT2D eigenvalue weighted by molar-refractivity contribution is -0.140. The van der Waals surface area contributed by atoms with Crippen LogP contribution in [-0.2, 0) is 20.4 Å². The van der Waals surface area contributed by atoms with Gasteiger partial charge in [-0.05, 0) is 10.9 Å². The summed E-state index contributed by atoms with van der Waals surface area (Å²) >= 11 is 0. The Kier molecular flexibility index (Phi) is 6.30. The van der Waals surface area contributed by atoms with Crippen molar-refractivity contribution in [2.45, 2.75) is 37.0 Å². The molecule has 2 aromatic heterocycles. The number of nitrogens with two attached hydrogens (primary N) is 1. The van der Waals surface area contributed by atoms with Gasteiger partial charge < -0.3 is 25.8 Å². The zero-order valence-electron chi connectivity index (χ0n) is 15.0. The quantitative estimate of drug-likeness (QED) is 0.254. The van der Waals surface area contributed by atoms with Gasteiger partial charge in [-0.1, -0.05) is 0 Å². The minimum Gasteiger partial charge on any atom is -0.480 e. The van der Waals surface area contributed by atoms with E-state index in [0.717, 1.165) is 0 Å². The van der Waals surface area contributed by atoms with Crippen molar-refractivity contribution in [3.05, 3.63) is 12.7 Å². The third-order valence-corrected chi connectivity index (χ3v) is 6.46. The van der Waals surface area contributed by atoms with Gasteiger partial charge >= 0.3 is 5.97 Å². The number of fused-ring (bicyclic) bond motifs is 1. The normalized spacial score (nSPS) is 27.1. The highest BCUT2D eigenvalue weighted by Crippen LogP contribution is 2.32. The molecule has 2 aromatic rings. The lowest BCUT2D eigenvalue weighted by atomic mass is 10.1. The first-order valence-corrected chi connectivity index (χ1v) is 10.4. The number of carbonyl (C=O) groups is 1. The van der Waals surface area contributed by atoms with E-state index < -0.39 is 36.6 Å². The zero-order valence-corrected chi connectivity index (χ0v) is 15.8. The fourth-order valence-corrected chi connectivity index (χ4v) is 4.70. The number of ether oxygens (including phenoxy) is 1. The lowest BCUT2D eigenvalue weighted by Gasteiger charge is -2.16. The van der Waals surface area contributed by atoms with E-state index in [0.29, 0.717) is 22.7 Å². The van der Waals surface area contributed by atoms with E-state index in [9.17, 15) is 19.5 Å². The molecule has 1 saturated heterocycles. The van der Waals surface area contributed by atoms with Gasteiger partial charge in [0.25, 0.3) is 0 Å². The molecule has 0 bridgehead atoms. The standard InChI is InChI=1S/C15H21FN6O5S/c1-28(3-2-7(21-16)15(25)26)4-8-10(23)11(24)14(27-8)22-6-20-9-12(17)18-5-19-13(9)22/h5-8,10-11,14,21,23-24H,2-4H2,1H3,(H2-,17,18,19,25,26)/p+1/t7-,8+,10+,11+,14+,28?/m0/s1. The fourth-order valence-electron chi connectivity index (χ4n) is 3.06. The number of hydrogen-bond acceptors (Lipinski definition) is 9. The molecule has 1 aliphatic heterocycles.